The van der Waals surface area contributed by atoms with Gasteiger partial charge in [-0.2, -0.15) is 0 Å². The van der Waals surface area contributed by atoms with Gasteiger partial charge in [-0.05, 0) is 24.6 Å². The van der Waals surface area contributed by atoms with E-state index in [9.17, 15) is 5.11 Å². The van der Waals surface area contributed by atoms with Crippen molar-refractivity contribution in [2.45, 2.75) is 19.1 Å². The van der Waals surface area contributed by atoms with Crippen molar-refractivity contribution in [3.05, 3.63) is 23.8 Å². The Morgan fingerprint density at radius 3 is 3.19 bits per heavy atom. The molecule has 0 radical (unpaired) electrons. The van der Waals surface area contributed by atoms with Gasteiger partial charge in [0.25, 0.3) is 0 Å². The minimum Gasteiger partial charge on any atom is -0.497 e. The van der Waals surface area contributed by atoms with E-state index >= 15 is 0 Å². The number of benzene rings is 1. The molecule has 0 aromatic heterocycles. The van der Waals surface area contributed by atoms with Gasteiger partial charge < -0.3 is 14.7 Å². The highest BCUT2D eigenvalue weighted by Gasteiger charge is 2.31. The summed E-state index contributed by atoms with van der Waals surface area (Å²) in [6.07, 6.45) is 0.388. The first kappa shape index (κ1) is 9.66. The lowest BCUT2D eigenvalue weighted by Gasteiger charge is -2.25. The van der Waals surface area contributed by atoms with E-state index in [4.69, 9.17) is 4.74 Å². The Morgan fingerprint density at radius 1 is 1.50 bits per heavy atom. The Kier molecular flexibility index (Phi) is 2.11. The summed E-state index contributed by atoms with van der Waals surface area (Å²) >= 11 is 0. The van der Waals surface area contributed by atoms with Gasteiger partial charge in [-0.15, -0.1) is 0 Å². The maximum absolute atomic E-state index is 9.75. The first-order chi connectivity index (χ1) is 7.78. The Hall–Kier alpha value is -1.55. The SMILES string of the molecule is COc1ccc2c(c1)CN1CCC(O)C1=N2. The summed E-state index contributed by atoms with van der Waals surface area (Å²) in [6.45, 7) is 1.71. The number of fused-ring (bicyclic) bond motifs is 2. The molecular formula is C12H14N2O2. The Labute approximate surface area is 94.2 Å². The molecule has 1 atom stereocenters. The van der Waals surface area contributed by atoms with Crippen molar-refractivity contribution in [1.82, 2.24) is 4.90 Å². The van der Waals surface area contributed by atoms with Gasteiger partial charge in [0.1, 0.15) is 17.7 Å². The van der Waals surface area contributed by atoms with Crippen molar-refractivity contribution in [3.8, 4) is 5.75 Å². The van der Waals surface area contributed by atoms with Crippen LogP contribution in [0.15, 0.2) is 23.2 Å². The van der Waals surface area contributed by atoms with Gasteiger partial charge in [-0.3, -0.25) is 0 Å². The van der Waals surface area contributed by atoms with Crippen LogP contribution in [-0.4, -0.2) is 35.6 Å². The number of hydrogen-bond donors (Lipinski definition) is 1. The third-order valence-electron chi connectivity index (χ3n) is 3.18. The lowest BCUT2D eigenvalue weighted by Crippen LogP contribution is -2.31. The number of ether oxygens (including phenoxy) is 1. The molecule has 2 aliphatic rings. The molecule has 1 aromatic carbocycles. The van der Waals surface area contributed by atoms with Crippen LogP contribution < -0.4 is 4.74 Å². The second-order valence-corrected chi connectivity index (χ2v) is 4.19. The van der Waals surface area contributed by atoms with Crippen LogP contribution in [0, 0.1) is 0 Å². The van der Waals surface area contributed by atoms with Gasteiger partial charge in [0.15, 0.2) is 0 Å². The van der Waals surface area contributed by atoms with E-state index in [0.717, 1.165) is 42.3 Å². The van der Waals surface area contributed by atoms with E-state index in [1.807, 2.05) is 18.2 Å². The molecule has 84 valence electrons. The number of aliphatic imine (C=N–C) groups is 1. The fourth-order valence-corrected chi connectivity index (χ4v) is 2.29. The van der Waals surface area contributed by atoms with Crippen LogP contribution in [0.5, 0.6) is 5.75 Å². The molecule has 1 aromatic rings. The minimum atomic E-state index is -0.393. The molecule has 3 rings (SSSR count). The summed E-state index contributed by atoms with van der Waals surface area (Å²) in [5, 5.41) is 9.75. The van der Waals surface area contributed by atoms with Crippen LogP contribution in [0.3, 0.4) is 0 Å². The first-order valence-corrected chi connectivity index (χ1v) is 5.46. The van der Waals surface area contributed by atoms with Crippen molar-refractivity contribution in [3.63, 3.8) is 0 Å². The smallest absolute Gasteiger partial charge is 0.134 e. The zero-order chi connectivity index (χ0) is 11.1. The largest absolute Gasteiger partial charge is 0.497 e. The number of amidine groups is 1. The van der Waals surface area contributed by atoms with Crippen LogP contribution in [0.25, 0.3) is 0 Å². The normalized spacial score (nSPS) is 22.5. The first-order valence-electron chi connectivity index (χ1n) is 5.46. The van der Waals surface area contributed by atoms with Gasteiger partial charge in [-0.1, -0.05) is 0 Å². The van der Waals surface area contributed by atoms with Gasteiger partial charge in [-0.25, -0.2) is 4.99 Å². The third kappa shape index (κ3) is 1.38. The zero-order valence-corrected chi connectivity index (χ0v) is 9.18. The number of methoxy groups -OCH3 is 1. The minimum absolute atomic E-state index is 0.393. The van der Waals surface area contributed by atoms with E-state index in [2.05, 4.69) is 9.89 Å². The Bertz CT molecular complexity index is 456. The van der Waals surface area contributed by atoms with Crippen LogP contribution >= 0.6 is 0 Å². The molecule has 1 saturated heterocycles. The summed E-state index contributed by atoms with van der Waals surface area (Å²) in [4.78, 5) is 6.63. The quantitative estimate of drug-likeness (QED) is 0.773. The number of aliphatic hydroxyl groups is 1. The molecule has 4 heteroatoms. The van der Waals surface area contributed by atoms with Crippen LogP contribution in [0.4, 0.5) is 5.69 Å². The van der Waals surface area contributed by atoms with Crippen molar-refractivity contribution in [2.75, 3.05) is 13.7 Å². The van der Waals surface area contributed by atoms with Gasteiger partial charge in [0.2, 0.25) is 0 Å². The molecule has 1 fully saturated rings. The maximum atomic E-state index is 9.75. The standard InChI is InChI=1S/C12H14N2O2/c1-16-9-2-3-10-8(6-9)7-14-5-4-11(15)12(14)13-10/h2-3,6,11,15H,4-5,7H2,1H3. The summed E-state index contributed by atoms with van der Waals surface area (Å²) in [5.74, 6) is 1.68. The van der Waals surface area contributed by atoms with Crippen molar-refractivity contribution >= 4 is 11.5 Å². The van der Waals surface area contributed by atoms with Crippen LogP contribution in [-0.2, 0) is 6.54 Å². The molecule has 2 heterocycles. The van der Waals surface area contributed by atoms with Crippen LogP contribution in [0.2, 0.25) is 0 Å². The molecular weight excluding hydrogens is 204 g/mol. The zero-order valence-electron chi connectivity index (χ0n) is 9.18. The van der Waals surface area contributed by atoms with E-state index in [-0.39, 0.29) is 0 Å². The number of nitrogens with zero attached hydrogens (tertiary/aromatic N) is 2. The number of aliphatic hydroxyl groups excluding tert-OH is 1. The average Bonchev–Trinajstić information content (AvgIpc) is 2.67. The second-order valence-electron chi connectivity index (χ2n) is 4.19. The van der Waals surface area contributed by atoms with E-state index in [1.165, 1.54) is 0 Å². The summed E-state index contributed by atoms with van der Waals surface area (Å²) in [7, 11) is 1.67. The molecule has 0 aliphatic carbocycles. The lowest BCUT2D eigenvalue weighted by atomic mass is 10.1. The topological polar surface area (TPSA) is 45.1 Å². The predicted octanol–water partition coefficient (Wildman–Crippen LogP) is 1.31. The summed E-state index contributed by atoms with van der Waals surface area (Å²) in [5.41, 5.74) is 2.12. The predicted molar refractivity (Wildman–Crippen MR) is 61.1 cm³/mol. The highest BCUT2D eigenvalue weighted by atomic mass is 16.5. The monoisotopic (exact) mass is 218 g/mol. The molecule has 0 bridgehead atoms. The van der Waals surface area contributed by atoms with Gasteiger partial charge >= 0.3 is 0 Å². The van der Waals surface area contributed by atoms with E-state index in [0.29, 0.717) is 0 Å². The average molecular weight is 218 g/mol. The third-order valence-corrected chi connectivity index (χ3v) is 3.18. The molecule has 1 unspecified atom stereocenters. The highest BCUT2D eigenvalue weighted by molar-refractivity contribution is 5.92. The second kappa shape index (κ2) is 3.49. The van der Waals surface area contributed by atoms with Crippen LogP contribution in [0.1, 0.15) is 12.0 Å². The molecule has 4 nitrogen and oxygen atoms in total. The number of hydrogen-bond acceptors (Lipinski definition) is 4. The lowest BCUT2D eigenvalue weighted by molar-refractivity contribution is 0.245. The molecule has 0 saturated carbocycles. The molecule has 16 heavy (non-hydrogen) atoms. The van der Waals surface area contributed by atoms with Crippen molar-refractivity contribution < 1.29 is 9.84 Å². The van der Waals surface area contributed by atoms with Crippen molar-refractivity contribution in [2.24, 2.45) is 4.99 Å². The van der Waals surface area contributed by atoms with E-state index in [1.54, 1.807) is 7.11 Å². The fourth-order valence-electron chi connectivity index (χ4n) is 2.29. The fraction of sp³-hybridized carbons (Fsp3) is 0.417. The van der Waals surface area contributed by atoms with Gasteiger partial charge in [0, 0.05) is 18.7 Å². The summed E-state index contributed by atoms with van der Waals surface area (Å²) < 4.78 is 5.20. The Morgan fingerprint density at radius 2 is 2.38 bits per heavy atom. The molecule has 0 amide bonds. The van der Waals surface area contributed by atoms with Gasteiger partial charge in [0.05, 0.1) is 12.8 Å². The maximum Gasteiger partial charge on any atom is 0.134 e. The van der Waals surface area contributed by atoms with Crippen molar-refractivity contribution in [1.29, 1.82) is 0 Å². The molecule has 0 spiro atoms. The molecule has 1 N–H and O–H groups in total. The number of rotatable bonds is 1. The van der Waals surface area contributed by atoms with E-state index < -0.39 is 6.10 Å². The highest BCUT2D eigenvalue weighted by Crippen LogP contribution is 2.32. The Balaban J connectivity index is 2.03. The summed E-state index contributed by atoms with van der Waals surface area (Å²) in [6, 6.07) is 5.86. The molecule has 2 aliphatic heterocycles.